The van der Waals surface area contributed by atoms with E-state index in [1.807, 2.05) is 0 Å². The van der Waals surface area contributed by atoms with Crippen molar-refractivity contribution in [1.82, 2.24) is 19.8 Å². The summed E-state index contributed by atoms with van der Waals surface area (Å²) in [4.78, 5) is 13.1. The zero-order valence-corrected chi connectivity index (χ0v) is 13.7. The Morgan fingerprint density at radius 3 is 2.71 bits per heavy atom. The maximum Gasteiger partial charge on any atom is 0.232 e. The fourth-order valence-corrected chi connectivity index (χ4v) is 3.49. The van der Waals surface area contributed by atoms with Crippen molar-refractivity contribution in [1.29, 1.82) is 0 Å². The number of carbonyl (C=O) groups excluding carboxylic acids is 1. The monoisotopic (exact) mass is 311 g/mol. The second kappa shape index (κ2) is 7.68. The summed E-state index contributed by atoms with van der Waals surface area (Å²) in [7, 11) is 3.48. The van der Waals surface area contributed by atoms with Gasteiger partial charge in [-0.25, -0.2) is 4.68 Å². The Morgan fingerprint density at radius 1 is 1.33 bits per heavy atom. The van der Waals surface area contributed by atoms with Crippen molar-refractivity contribution in [2.45, 2.75) is 50.1 Å². The van der Waals surface area contributed by atoms with E-state index in [0.29, 0.717) is 10.9 Å². The predicted octanol–water partition coefficient (Wildman–Crippen LogP) is 1.69. The minimum atomic E-state index is 0.0479. The standard InChI is InChI=1S/C14H25N5OS/c1-18(2)13(20)10-21-14-17-16-12(19(14)15)9-8-11-6-4-3-5-7-11/h11H,3-10,15H2,1-2H3. The molecule has 1 saturated carbocycles. The van der Waals surface area contributed by atoms with Gasteiger partial charge in [-0.2, -0.15) is 0 Å². The molecule has 0 bridgehead atoms. The third-order valence-electron chi connectivity index (χ3n) is 4.06. The fraction of sp³-hybridized carbons (Fsp3) is 0.786. The molecule has 0 unspecified atom stereocenters. The molecule has 118 valence electrons. The summed E-state index contributed by atoms with van der Waals surface area (Å²) in [6.07, 6.45) is 8.76. The van der Waals surface area contributed by atoms with Crippen molar-refractivity contribution in [2.24, 2.45) is 5.92 Å². The molecule has 2 N–H and O–H groups in total. The molecule has 2 rings (SSSR count). The number of nitrogen functional groups attached to an aromatic ring is 1. The van der Waals surface area contributed by atoms with Crippen LogP contribution in [0.25, 0.3) is 0 Å². The average molecular weight is 311 g/mol. The number of nitrogens with zero attached hydrogens (tertiary/aromatic N) is 4. The Kier molecular flexibility index (Phi) is 5.90. The third kappa shape index (κ3) is 4.62. The molecule has 1 aromatic rings. The van der Waals surface area contributed by atoms with E-state index in [1.54, 1.807) is 19.0 Å². The van der Waals surface area contributed by atoms with Crippen molar-refractivity contribution in [3.05, 3.63) is 5.82 Å². The first-order valence-electron chi connectivity index (χ1n) is 7.60. The van der Waals surface area contributed by atoms with Gasteiger partial charge in [0, 0.05) is 20.5 Å². The third-order valence-corrected chi connectivity index (χ3v) is 4.99. The Bertz CT molecular complexity index is 468. The van der Waals surface area contributed by atoms with Crippen LogP contribution in [-0.4, -0.2) is 45.5 Å². The molecule has 0 atom stereocenters. The van der Waals surface area contributed by atoms with E-state index in [-0.39, 0.29) is 5.91 Å². The van der Waals surface area contributed by atoms with E-state index in [4.69, 9.17) is 5.84 Å². The summed E-state index contributed by atoms with van der Waals surface area (Å²) in [5.74, 6) is 8.04. The Labute approximate surface area is 130 Å². The Balaban J connectivity index is 1.83. The molecule has 1 fully saturated rings. The van der Waals surface area contributed by atoms with Gasteiger partial charge in [-0.05, 0) is 12.3 Å². The van der Waals surface area contributed by atoms with Crippen LogP contribution in [0.1, 0.15) is 44.3 Å². The highest BCUT2D eigenvalue weighted by Gasteiger charge is 2.17. The zero-order chi connectivity index (χ0) is 15.2. The second-order valence-corrected chi connectivity index (χ2v) is 6.83. The molecule has 0 aliphatic heterocycles. The van der Waals surface area contributed by atoms with Crippen molar-refractivity contribution in [2.75, 3.05) is 25.7 Å². The molecule has 1 aliphatic carbocycles. The average Bonchev–Trinajstić information content (AvgIpc) is 2.84. The van der Waals surface area contributed by atoms with Gasteiger partial charge in [0.2, 0.25) is 11.1 Å². The van der Waals surface area contributed by atoms with Crippen LogP contribution in [0, 0.1) is 5.92 Å². The number of aryl methyl sites for hydroxylation is 1. The van der Waals surface area contributed by atoms with Gasteiger partial charge in [-0.3, -0.25) is 4.79 Å². The summed E-state index contributed by atoms with van der Waals surface area (Å²) >= 11 is 1.34. The maximum absolute atomic E-state index is 11.6. The lowest BCUT2D eigenvalue weighted by molar-refractivity contribution is -0.125. The van der Waals surface area contributed by atoms with Gasteiger partial charge in [-0.15, -0.1) is 10.2 Å². The topological polar surface area (TPSA) is 77.0 Å². The van der Waals surface area contributed by atoms with E-state index in [0.717, 1.165) is 24.6 Å². The van der Waals surface area contributed by atoms with E-state index in [9.17, 15) is 4.79 Å². The molecule has 7 heteroatoms. The van der Waals surface area contributed by atoms with Gasteiger partial charge in [0.1, 0.15) is 0 Å². The van der Waals surface area contributed by atoms with Crippen LogP contribution < -0.4 is 5.84 Å². The molecular weight excluding hydrogens is 286 g/mol. The van der Waals surface area contributed by atoms with Gasteiger partial charge >= 0.3 is 0 Å². The van der Waals surface area contributed by atoms with Crippen molar-refractivity contribution in [3.8, 4) is 0 Å². The molecule has 1 heterocycles. The van der Waals surface area contributed by atoms with Crippen LogP contribution in [0.15, 0.2) is 5.16 Å². The number of rotatable bonds is 6. The molecule has 1 aromatic heterocycles. The second-order valence-electron chi connectivity index (χ2n) is 5.89. The summed E-state index contributed by atoms with van der Waals surface area (Å²) in [5, 5.41) is 8.87. The van der Waals surface area contributed by atoms with Gasteiger partial charge in [0.05, 0.1) is 5.75 Å². The lowest BCUT2D eigenvalue weighted by Gasteiger charge is -2.20. The quantitative estimate of drug-likeness (QED) is 0.639. The normalized spacial score (nSPS) is 16.1. The largest absolute Gasteiger partial charge is 0.348 e. The van der Waals surface area contributed by atoms with Crippen LogP contribution in [0.5, 0.6) is 0 Å². The minimum absolute atomic E-state index is 0.0479. The first kappa shape index (κ1) is 16.1. The number of hydrogen-bond acceptors (Lipinski definition) is 5. The minimum Gasteiger partial charge on any atom is -0.348 e. The van der Waals surface area contributed by atoms with Gasteiger partial charge in [0.25, 0.3) is 0 Å². The Hall–Kier alpha value is -1.24. The zero-order valence-electron chi connectivity index (χ0n) is 12.9. The lowest BCUT2D eigenvalue weighted by atomic mass is 9.86. The molecule has 1 aliphatic rings. The lowest BCUT2D eigenvalue weighted by Crippen LogP contribution is -2.24. The molecule has 0 saturated heterocycles. The molecule has 0 spiro atoms. The van der Waals surface area contributed by atoms with Gasteiger partial charge in [-0.1, -0.05) is 43.9 Å². The number of thioether (sulfide) groups is 1. The van der Waals surface area contributed by atoms with Crippen LogP contribution >= 0.6 is 11.8 Å². The SMILES string of the molecule is CN(C)C(=O)CSc1nnc(CCC2CCCCC2)n1N. The highest BCUT2D eigenvalue weighted by atomic mass is 32.2. The first-order chi connectivity index (χ1) is 10.1. The fourth-order valence-electron chi connectivity index (χ4n) is 2.64. The summed E-state index contributed by atoms with van der Waals surface area (Å²) < 4.78 is 1.54. The Morgan fingerprint density at radius 2 is 2.05 bits per heavy atom. The van der Waals surface area contributed by atoms with E-state index < -0.39 is 0 Å². The summed E-state index contributed by atoms with van der Waals surface area (Å²) in [6, 6.07) is 0. The molecule has 0 radical (unpaired) electrons. The van der Waals surface area contributed by atoms with Crippen LogP contribution in [0.4, 0.5) is 0 Å². The molecule has 6 nitrogen and oxygen atoms in total. The van der Waals surface area contributed by atoms with E-state index in [1.165, 1.54) is 48.5 Å². The van der Waals surface area contributed by atoms with E-state index >= 15 is 0 Å². The highest BCUT2D eigenvalue weighted by molar-refractivity contribution is 7.99. The summed E-state index contributed by atoms with van der Waals surface area (Å²) in [5.41, 5.74) is 0. The number of amides is 1. The molecule has 1 amide bonds. The molecular formula is C14H25N5OS. The molecule has 21 heavy (non-hydrogen) atoms. The maximum atomic E-state index is 11.6. The number of carbonyl (C=O) groups is 1. The smallest absolute Gasteiger partial charge is 0.232 e. The number of nitrogens with two attached hydrogens (primary N) is 1. The first-order valence-corrected chi connectivity index (χ1v) is 8.59. The van der Waals surface area contributed by atoms with E-state index in [2.05, 4.69) is 10.2 Å². The van der Waals surface area contributed by atoms with Gasteiger partial charge in [0.15, 0.2) is 5.82 Å². The van der Waals surface area contributed by atoms with Gasteiger partial charge < -0.3 is 10.7 Å². The highest BCUT2D eigenvalue weighted by Crippen LogP contribution is 2.27. The number of hydrogen-bond donors (Lipinski definition) is 1. The van der Waals surface area contributed by atoms with Crippen molar-refractivity contribution < 1.29 is 4.79 Å². The van der Waals surface area contributed by atoms with Crippen molar-refractivity contribution in [3.63, 3.8) is 0 Å². The number of aromatic nitrogens is 3. The van der Waals surface area contributed by atoms with Crippen molar-refractivity contribution >= 4 is 17.7 Å². The van der Waals surface area contributed by atoms with Crippen LogP contribution in [0.3, 0.4) is 0 Å². The summed E-state index contributed by atoms with van der Waals surface area (Å²) in [6.45, 7) is 0. The van der Waals surface area contributed by atoms with Crippen LogP contribution in [-0.2, 0) is 11.2 Å². The predicted molar refractivity (Wildman–Crippen MR) is 84.5 cm³/mol. The molecule has 0 aromatic carbocycles. The van der Waals surface area contributed by atoms with Crippen LogP contribution in [0.2, 0.25) is 0 Å².